The van der Waals surface area contributed by atoms with Gasteiger partial charge in [-0.25, -0.2) is 8.42 Å². The summed E-state index contributed by atoms with van der Waals surface area (Å²) in [4.78, 5) is 23.8. The number of sulfonamides is 1. The second-order valence-corrected chi connectivity index (χ2v) is 10.1. The number of hydrogen-bond acceptors (Lipinski definition) is 5. The zero-order chi connectivity index (χ0) is 22.0. The molecule has 8 heteroatoms. The maximum Gasteiger partial charge on any atom is 0.306 e. The lowest BCUT2D eigenvalue weighted by Crippen LogP contribution is -2.31. The molecule has 1 amide bonds. The van der Waals surface area contributed by atoms with Crippen LogP contribution < -0.4 is 5.32 Å². The lowest BCUT2D eigenvalue weighted by molar-refractivity contribution is -0.148. The lowest BCUT2D eigenvalue weighted by Gasteiger charge is -2.20. The average molecular weight is 439 g/mol. The van der Waals surface area contributed by atoms with E-state index in [1.54, 1.807) is 28.6 Å². The minimum Gasteiger partial charge on any atom is -0.456 e. The van der Waals surface area contributed by atoms with Gasteiger partial charge in [-0.1, -0.05) is 38.8 Å². The molecule has 2 rings (SSSR count). The number of amides is 1. The molecular formula is C22H34N2O5S. The fourth-order valence-corrected chi connectivity index (χ4v) is 4.79. The first-order valence-electron chi connectivity index (χ1n) is 10.8. The van der Waals surface area contributed by atoms with Gasteiger partial charge in [0.05, 0.1) is 4.90 Å². The van der Waals surface area contributed by atoms with E-state index in [1.807, 2.05) is 0 Å². The van der Waals surface area contributed by atoms with Crippen LogP contribution in [0.5, 0.6) is 0 Å². The Balaban J connectivity index is 1.77. The Morgan fingerprint density at radius 3 is 2.30 bits per heavy atom. The van der Waals surface area contributed by atoms with Crippen LogP contribution in [0.2, 0.25) is 0 Å². The highest BCUT2D eigenvalue weighted by Crippen LogP contribution is 2.21. The normalized spacial score (nSPS) is 15.6. The van der Waals surface area contributed by atoms with Crippen LogP contribution >= 0.6 is 0 Å². The molecule has 30 heavy (non-hydrogen) atoms. The first-order valence-corrected chi connectivity index (χ1v) is 12.2. The molecular weight excluding hydrogens is 404 g/mol. The number of nitrogens with zero attached hydrogens (tertiary/aromatic N) is 1. The quantitative estimate of drug-likeness (QED) is 0.567. The highest BCUT2D eigenvalue weighted by Gasteiger charge is 2.24. The van der Waals surface area contributed by atoms with E-state index in [0.717, 1.165) is 37.7 Å². The van der Waals surface area contributed by atoms with Crippen LogP contribution in [0, 0.1) is 5.92 Å². The van der Waals surface area contributed by atoms with Crippen LogP contribution in [0.3, 0.4) is 0 Å². The third kappa shape index (κ3) is 8.07. The molecule has 0 bridgehead atoms. The van der Waals surface area contributed by atoms with Crippen molar-refractivity contribution in [3.05, 3.63) is 29.8 Å². The molecule has 168 valence electrons. The van der Waals surface area contributed by atoms with Gasteiger partial charge in [0.25, 0.3) is 5.91 Å². The van der Waals surface area contributed by atoms with Crippen LogP contribution in [-0.2, 0) is 30.8 Å². The molecule has 1 aliphatic rings. The van der Waals surface area contributed by atoms with Gasteiger partial charge < -0.3 is 10.1 Å². The summed E-state index contributed by atoms with van der Waals surface area (Å²) in [6, 6.07) is 6.67. The topological polar surface area (TPSA) is 92.8 Å². The summed E-state index contributed by atoms with van der Waals surface area (Å²) in [5, 5.41) is 2.72. The van der Waals surface area contributed by atoms with Crippen molar-refractivity contribution in [2.75, 3.05) is 26.2 Å². The van der Waals surface area contributed by atoms with E-state index < -0.39 is 16.0 Å². The van der Waals surface area contributed by atoms with Gasteiger partial charge in [-0.15, -0.1) is 0 Å². The SMILES string of the molecule is CC(C)CCNC(=O)COC(=O)CCc1ccc(S(=O)(=O)N2CCCCCC2)cc1. The molecule has 7 nitrogen and oxygen atoms in total. The lowest BCUT2D eigenvalue weighted by atomic mass is 10.1. The molecule has 0 unspecified atom stereocenters. The molecule has 0 aromatic heterocycles. The van der Waals surface area contributed by atoms with Gasteiger partial charge in [0.1, 0.15) is 0 Å². The first-order chi connectivity index (χ1) is 14.3. The van der Waals surface area contributed by atoms with E-state index in [2.05, 4.69) is 19.2 Å². The number of carbonyl (C=O) groups is 2. The minimum absolute atomic E-state index is 0.136. The molecule has 0 spiro atoms. The molecule has 1 heterocycles. The highest BCUT2D eigenvalue weighted by molar-refractivity contribution is 7.89. The molecule has 1 N–H and O–H groups in total. The van der Waals surface area contributed by atoms with E-state index in [4.69, 9.17) is 4.74 Å². The van der Waals surface area contributed by atoms with Gasteiger partial charge in [0, 0.05) is 26.1 Å². The number of carbonyl (C=O) groups excluding carboxylic acids is 2. The van der Waals surface area contributed by atoms with Crippen LogP contribution in [0.15, 0.2) is 29.2 Å². The van der Waals surface area contributed by atoms with Crippen LogP contribution in [-0.4, -0.2) is 50.8 Å². The summed E-state index contributed by atoms with van der Waals surface area (Å²) in [5.41, 5.74) is 0.850. The third-order valence-corrected chi connectivity index (χ3v) is 7.06. The maximum atomic E-state index is 12.8. The van der Waals surface area contributed by atoms with Crippen molar-refractivity contribution < 1.29 is 22.7 Å². The first kappa shape index (κ1) is 24.3. The summed E-state index contributed by atoms with van der Waals surface area (Å²) < 4.78 is 32.2. The number of nitrogens with one attached hydrogen (secondary N) is 1. The van der Waals surface area contributed by atoms with Gasteiger partial charge in [0.2, 0.25) is 10.0 Å². The molecule has 0 radical (unpaired) electrons. The zero-order valence-corrected chi connectivity index (χ0v) is 18.9. The third-order valence-electron chi connectivity index (χ3n) is 5.15. The smallest absolute Gasteiger partial charge is 0.306 e. The number of aryl methyl sites for hydroxylation is 1. The molecule has 1 aliphatic heterocycles. The van der Waals surface area contributed by atoms with Crippen LogP contribution in [0.25, 0.3) is 0 Å². The molecule has 1 saturated heterocycles. The minimum atomic E-state index is -3.47. The van der Waals surface area contributed by atoms with E-state index in [1.165, 1.54) is 0 Å². The number of ether oxygens (including phenoxy) is 1. The Morgan fingerprint density at radius 1 is 1.07 bits per heavy atom. The second kappa shape index (κ2) is 12.1. The molecule has 1 aromatic carbocycles. The molecule has 1 fully saturated rings. The van der Waals surface area contributed by atoms with Crippen LogP contribution in [0.4, 0.5) is 0 Å². The Kier molecular flexibility index (Phi) is 9.78. The van der Waals surface area contributed by atoms with Crippen molar-refractivity contribution in [3.63, 3.8) is 0 Å². The molecule has 0 saturated carbocycles. The van der Waals surface area contributed by atoms with Crippen molar-refractivity contribution in [3.8, 4) is 0 Å². The number of esters is 1. The van der Waals surface area contributed by atoms with E-state index in [9.17, 15) is 18.0 Å². The number of rotatable bonds is 10. The monoisotopic (exact) mass is 438 g/mol. The molecule has 0 aliphatic carbocycles. The van der Waals surface area contributed by atoms with Crippen molar-refractivity contribution in [1.29, 1.82) is 0 Å². The van der Waals surface area contributed by atoms with Crippen molar-refractivity contribution >= 4 is 21.9 Å². The van der Waals surface area contributed by atoms with E-state index in [-0.39, 0.29) is 23.8 Å². The maximum absolute atomic E-state index is 12.8. The summed E-state index contributed by atoms with van der Waals surface area (Å²) in [5.74, 6) is -0.249. The fourth-order valence-electron chi connectivity index (χ4n) is 3.28. The Morgan fingerprint density at radius 2 is 1.70 bits per heavy atom. The van der Waals surface area contributed by atoms with Gasteiger partial charge in [-0.2, -0.15) is 4.31 Å². The van der Waals surface area contributed by atoms with E-state index >= 15 is 0 Å². The predicted octanol–water partition coefficient (Wildman–Crippen LogP) is 2.89. The molecule has 1 aromatic rings. The predicted molar refractivity (Wildman–Crippen MR) is 115 cm³/mol. The van der Waals surface area contributed by atoms with Gasteiger partial charge in [-0.3, -0.25) is 9.59 Å². The van der Waals surface area contributed by atoms with Crippen LogP contribution in [0.1, 0.15) is 57.9 Å². The zero-order valence-electron chi connectivity index (χ0n) is 18.1. The Labute approximate surface area is 180 Å². The largest absolute Gasteiger partial charge is 0.456 e. The number of benzene rings is 1. The summed E-state index contributed by atoms with van der Waals surface area (Å²) in [6.07, 6.45) is 5.38. The standard InChI is InChI=1S/C22H34N2O5S/c1-18(2)13-14-23-21(25)17-29-22(26)12-9-19-7-10-20(11-8-19)30(27,28)24-15-5-3-4-6-16-24/h7-8,10-11,18H,3-6,9,12-17H2,1-2H3,(H,23,25). The highest BCUT2D eigenvalue weighted by atomic mass is 32.2. The Hall–Kier alpha value is -1.93. The van der Waals surface area contributed by atoms with Gasteiger partial charge in [-0.05, 0) is 49.3 Å². The number of hydrogen-bond donors (Lipinski definition) is 1. The van der Waals surface area contributed by atoms with Crippen molar-refractivity contribution in [2.24, 2.45) is 5.92 Å². The van der Waals surface area contributed by atoms with Crippen molar-refractivity contribution in [1.82, 2.24) is 9.62 Å². The fraction of sp³-hybridized carbons (Fsp3) is 0.636. The van der Waals surface area contributed by atoms with E-state index in [0.29, 0.717) is 32.0 Å². The summed E-state index contributed by atoms with van der Waals surface area (Å²) >= 11 is 0. The Bertz CT molecular complexity index is 782. The summed E-state index contributed by atoms with van der Waals surface area (Å²) in [7, 11) is -3.47. The second-order valence-electron chi connectivity index (χ2n) is 8.16. The average Bonchev–Trinajstić information content (AvgIpc) is 3.01. The summed E-state index contributed by atoms with van der Waals surface area (Å²) in [6.45, 7) is 5.58. The van der Waals surface area contributed by atoms with Gasteiger partial charge >= 0.3 is 5.97 Å². The molecule has 0 atom stereocenters. The van der Waals surface area contributed by atoms with Crippen molar-refractivity contribution in [2.45, 2.75) is 63.7 Å². The van der Waals surface area contributed by atoms with Gasteiger partial charge in [0.15, 0.2) is 6.61 Å².